The molecule has 0 saturated heterocycles. The Bertz CT molecular complexity index is 515. The number of benzene rings is 1. The van der Waals surface area contributed by atoms with E-state index in [1.165, 1.54) is 27.2 Å². The first kappa shape index (κ1) is 15.5. The molecule has 2 amide bonds. The van der Waals surface area contributed by atoms with Crippen molar-refractivity contribution in [1.82, 2.24) is 5.32 Å². The van der Waals surface area contributed by atoms with Crippen LogP contribution < -0.4 is 10.6 Å². The summed E-state index contributed by atoms with van der Waals surface area (Å²) in [6, 6.07) is 4.95. The molecule has 0 aromatic heterocycles. The number of para-hydroxylation sites is 1. The fraction of sp³-hybridized carbons (Fsp3) is 0.308. The van der Waals surface area contributed by atoms with E-state index in [4.69, 9.17) is 0 Å². The van der Waals surface area contributed by atoms with Gasteiger partial charge in [0.1, 0.15) is 6.04 Å². The zero-order valence-electron chi connectivity index (χ0n) is 11.4. The number of carbonyl (C=O) groups excluding carboxylic acids is 3. The average Bonchev–Trinajstić information content (AvgIpc) is 2.45. The van der Waals surface area contributed by atoms with E-state index in [9.17, 15) is 14.4 Å². The van der Waals surface area contributed by atoms with Crippen LogP contribution in [-0.4, -0.2) is 38.2 Å². The molecule has 1 rings (SSSR count). The van der Waals surface area contributed by atoms with Crippen LogP contribution in [-0.2, 0) is 14.3 Å². The molecule has 7 heteroatoms. The summed E-state index contributed by atoms with van der Waals surface area (Å²) in [5.41, 5.74) is 0.504. The standard InChI is InChI=1S/C13H16N2O5/c1-8(11(16)19-2)14-13(18)15-10-7-5-4-6-9(10)12(17)20-3/h4-8H,1-3H3,(H2,14,15,18)/t8-/m1/s1. The summed E-state index contributed by atoms with van der Waals surface area (Å²) >= 11 is 0. The van der Waals surface area contributed by atoms with E-state index in [1.807, 2.05) is 0 Å². The summed E-state index contributed by atoms with van der Waals surface area (Å²) in [4.78, 5) is 34.4. The van der Waals surface area contributed by atoms with Crippen molar-refractivity contribution in [2.45, 2.75) is 13.0 Å². The monoisotopic (exact) mass is 280 g/mol. The fourth-order valence-corrected chi connectivity index (χ4v) is 1.47. The molecule has 7 nitrogen and oxygen atoms in total. The highest BCUT2D eigenvalue weighted by atomic mass is 16.5. The Morgan fingerprint density at radius 1 is 1.10 bits per heavy atom. The number of esters is 2. The van der Waals surface area contributed by atoms with Crippen LogP contribution in [0, 0.1) is 0 Å². The molecule has 1 aromatic rings. The number of anilines is 1. The highest BCUT2D eigenvalue weighted by Crippen LogP contribution is 2.15. The molecule has 0 aliphatic rings. The van der Waals surface area contributed by atoms with Gasteiger partial charge in [0.05, 0.1) is 25.5 Å². The normalized spacial score (nSPS) is 11.2. The molecule has 0 radical (unpaired) electrons. The first-order valence-electron chi connectivity index (χ1n) is 5.82. The van der Waals surface area contributed by atoms with Crippen molar-refractivity contribution < 1.29 is 23.9 Å². The minimum Gasteiger partial charge on any atom is -0.467 e. The summed E-state index contributed by atoms with van der Waals surface area (Å²) in [5.74, 6) is -1.14. The molecule has 0 bridgehead atoms. The molecule has 0 fully saturated rings. The predicted molar refractivity (Wildman–Crippen MR) is 71.4 cm³/mol. The second-order valence-electron chi connectivity index (χ2n) is 3.88. The molecule has 1 aromatic carbocycles. The van der Waals surface area contributed by atoms with E-state index in [2.05, 4.69) is 20.1 Å². The van der Waals surface area contributed by atoms with Crippen LogP contribution in [0.15, 0.2) is 24.3 Å². The highest BCUT2D eigenvalue weighted by molar-refractivity contribution is 6.01. The molecule has 108 valence electrons. The number of methoxy groups -OCH3 is 2. The zero-order valence-corrected chi connectivity index (χ0v) is 11.4. The van der Waals surface area contributed by atoms with Gasteiger partial charge in [-0.3, -0.25) is 0 Å². The third-order valence-electron chi connectivity index (χ3n) is 2.48. The highest BCUT2D eigenvalue weighted by Gasteiger charge is 2.17. The van der Waals surface area contributed by atoms with E-state index in [0.717, 1.165) is 0 Å². The first-order valence-corrected chi connectivity index (χ1v) is 5.82. The van der Waals surface area contributed by atoms with Gasteiger partial charge < -0.3 is 20.1 Å². The number of ether oxygens (including phenoxy) is 2. The van der Waals surface area contributed by atoms with Crippen molar-refractivity contribution >= 4 is 23.7 Å². The maximum atomic E-state index is 11.7. The first-order chi connectivity index (χ1) is 9.49. The van der Waals surface area contributed by atoms with Gasteiger partial charge in [-0.25, -0.2) is 14.4 Å². The number of hydrogen-bond donors (Lipinski definition) is 2. The summed E-state index contributed by atoms with van der Waals surface area (Å²) in [7, 11) is 2.48. The maximum Gasteiger partial charge on any atom is 0.339 e. The van der Waals surface area contributed by atoms with Crippen molar-refractivity contribution in [2.75, 3.05) is 19.5 Å². The van der Waals surface area contributed by atoms with E-state index in [-0.39, 0.29) is 11.3 Å². The van der Waals surface area contributed by atoms with Crippen molar-refractivity contribution in [3.05, 3.63) is 29.8 Å². The lowest BCUT2D eigenvalue weighted by atomic mass is 10.2. The third kappa shape index (κ3) is 3.98. The maximum absolute atomic E-state index is 11.7. The van der Waals surface area contributed by atoms with Crippen LogP contribution in [0.1, 0.15) is 17.3 Å². The Hall–Kier alpha value is -2.57. The average molecular weight is 280 g/mol. The molecular formula is C13H16N2O5. The Labute approximate surface area is 116 Å². The molecule has 0 aliphatic heterocycles. The molecule has 0 unspecified atom stereocenters. The lowest BCUT2D eigenvalue weighted by molar-refractivity contribution is -0.142. The smallest absolute Gasteiger partial charge is 0.339 e. The van der Waals surface area contributed by atoms with Crippen LogP contribution in [0.5, 0.6) is 0 Å². The molecule has 20 heavy (non-hydrogen) atoms. The van der Waals surface area contributed by atoms with Crippen LogP contribution in [0.4, 0.5) is 10.5 Å². The SMILES string of the molecule is COC(=O)c1ccccc1NC(=O)N[C@H](C)C(=O)OC. The van der Waals surface area contributed by atoms with Gasteiger partial charge >= 0.3 is 18.0 Å². The van der Waals surface area contributed by atoms with Crippen LogP contribution in [0.2, 0.25) is 0 Å². The summed E-state index contributed by atoms with van der Waals surface area (Å²) in [5, 5.41) is 4.86. The molecule has 0 aliphatic carbocycles. The lowest BCUT2D eigenvalue weighted by Crippen LogP contribution is -2.41. The van der Waals surface area contributed by atoms with Crippen molar-refractivity contribution in [2.24, 2.45) is 0 Å². The van der Waals surface area contributed by atoms with E-state index >= 15 is 0 Å². The quantitative estimate of drug-likeness (QED) is 0.807. The molecule has 0 saturated carbocycles. The molecule has 1 atom stereocenters. The Balaban J connectivity index is 2.76. The number of amides is 2. The van der Waals surface area contributed by atoms with Gasteiger partial charge in [-0.2, -0.15) is 0 Å². The number of rotatable bonds is 4. The van der Waals surface area contributed by atoms with Gasteiger partial charge in [0.25, 0.3) is 0 Å². The number of nitrogens with one attached hydrogen (secondary N) is 2. The van der Waals surface area contributed by atoms with Crippen LogP contribution in [0.3, 0.4) is 0 Å². The summed E-state index contributed by atoms with van der Waals surface area (Å²) in [6.07, 6.45) is 0. The second-order valence-corrected chi connectivity index (χ2v) is 3.88. The van der Waals surface area contributed by atoms with Crippen LogP contribution in [0.25, 0.3) is 0 Å². The summed E-state index contributed by atoms with van der Waals surface area (Å²) in [6.45, 7) is 1.48. The Morgan fingerprint density at radius 2 is 1.75 bits per heavy atom. The minimum absolute atomic E-state index is 0.218. The molecule has 2 N–H and O–H groups in total. The number of urea groups is 1. The Morgan fingerprint density at radius 3 is 2.35 bits per heavy atom. The number of carbonyl (C=O) groups is 3. The topological polar surface area (TPSA) is 93.7 Å². The molecule has 0 heterocycles. The van der Waals surface area contributed by atoms with E-state index in [1.54, 1.807) is 18.2 Å². The summed E-state index contributed by atoms with van der Waals surface area (Å²) < 4.78 is 9.10. The fourth-order valence-electron chi connectivity index (χ4n) is 1.47. The van der Waals surface area contributed by atoms with Gasteiger partial charge in [-0.15, -0.1) is 0 Å². The second kappa shape index (κ2) is 7.13. The van der Waals surface area contributed by atoms with Crippen molar-refractivity contribution in [3.63, 3.8) is 0 Å². The van der Waals surface area contributed by atoms with Crippen molar-refractivity contribution in [3.8, 4) is 0 Å². The Kier molecular flexibility index (Phi) is 5.52. The van der Waals surface area contributed by atoms with Gasteiger partial charge in [-0.05, 0) is 19.1 Å². The largest absolute Gasteiger partial charge is 0.467 e. The van der Waals surface area contributed by atoms with Gasteiger partial charge in [-0.1, -0.05) is 12.1 Å². The minimum atomic E-state index is -0.801. The molecule has 0 spiro atoms. The van der Waals surface area contributed by atoms with Crippen molar-refractivity contribution in [1.29, 1.82) is 0 Å². The van der Waals surface area contributed by atoms with Gasteiger partial charge in [0.15, 0.2) is 0 Å². The lowest BCUT2D eigenvalue weighted by Gasteiger charge is -2.14. The van der Waals surface area contributed by atoms with E-state index in [0.29, 0.717) is 0 Å². The third-order valence-corrected chi connectivity index (χ3v) is 2.48. The zero-order chi connectivity index (χ0) is 15.1. The number of hydrogen-bond acceptors (Lipinski definition) is 5. The van der Waals surface area contributed by atoms with Crippen LogP contribution >= 0.6 is 0 Å². The van der Waals surface area contributed by atoms with Gasteiger partial charge in [0, 0.05) is 0 Å². The predicted octanol–water partition coefficient (Wildman–Crippen LogP) is 1.16. The van der Waals surface area contributed by atoms with E-state index < -0.39 is 24.0 Å². The molecular weight excluding hydrogens is 264 g/mol. The van der Waals surface area contributed by atoms with Gasteiger partial charge in [0.2, 0.25) is 0 Å².